The van der Waals surface area contributed by atoms with E-state index in [4.69, 9.17) is 0 Å². The van der Waals surface area contributed by atoms with Gasteiger partial charge in [-0.2, -0.15) is 0 Å². The molecule has 0 bridgehead atoms. The zero-order chi connectivity index (χ0) is 12.3. The van der Waals surface area contributed by atoms with Crippen molar-refractivity contribution in [3.63, 3.8) is 0 Å². The maximum atomic E-state index is 10.4. The normalized spacial score (nSPS) is 26.8. The molecule has 1 unspecified atom stereocenters. The van der Waals surface area contributed by atoms with E-state index in [1.54, 1.807) is 0 Å². The number of benzene rings is 1. The second-order valence-electron chi connectivity index (χ2n) is 5.19. The Hall–Kier alpha value is -0.340. The van der Waals surface area contributed by atoms with Gasteiger partial charge in [-0.05, 0) is 42.4 Å². The monoisotopic (exact) mass is 296 g/mol. The maximum Gasteiger partial charge on any atom is 0.0818 e. The van der Waals surface area contributed by atoms with E-state index in [2.05, 4.69) is 22.9 Å². The van der Waals surface area contributed by atoms with Crippen molar-refractivity contribution >= 4 is 15.9 Å². The Kier molecular flexibility index (Phi) is 4.63. The lowest BCUT2D eigenvalue weighted by atomic mass is 9.77. The predicted octanol–water partition coefficient (Wildman–Crippen LogP) is 4.70. The van der Waals surface area contributed by atoms with Crippen molar-refractivity contribution in [3.8, 4) is 0 Å². The van der Waals surface area contributed by atoms with Crippen molar-refractivity contribution in [3.05, 3.63) is 34.3 Å². The number of hydrogen-bond donors (Lipinski definition) is 1. The van der Waals surface area contributed by atoms with E-state index in [0.29, 0.717) is 5.92 Å². The van der Waals surface area contributed by atoms with Gasteiger partial charge in [0.05, 0.1) is 6.10 Å². The lowest BCUT2D eigenvalue weighted by Gasteiger charge is -2.31. The van der Waals surface area contributed by atoms with Crippen LogP contribution in [-0.2, 0) is 0 Å². The molecule has 1 aromatic carbocycles. The summed E-state index contributed by atoms with van der Waals surface area (Å²) in [4.78, 5) is 0. The minimum absolute atomic E-state index is 0.287. The number of hydrogen-bond acceptors (Lipinski definition) is 1. The average Bonchev–Trinajstić information content (AvgIpc) is 2.38. The molecule has 2 rings (SSSR count). The molecule has 1 atom stereocenters. The number of aliphatic hydroxyl groups excluding tert-OH is 1. The van der Waals surface area contributed by atoms with Gasteiger partial charge in [0.2, 0.25) is 0 Å². The van der Waals surface area contributed by atoms with E-state index in [0.717, 1.165) is 16.0 Å². The fourth-order valence-corrected chi connectivity index (χ4v) is 3.29. The standard InChI is InChI=1S/C15H21BrO/c1-2-11-6-8-12(9-7-11)15(17)13-4-3-5-14(16)10-13/h3-5,10-12,15,17H,2,6-9H2,1H3. The van der Waals surface area contributed by atoms with Gasteiger partial charge in [-0.3, -0.25) is 0 Å². The Labute approximate surface area is 112 Å². The molecule has 0 aliphatic heterocycles. The number of aliphatic hydroxyl groups is 1. The third-order valence-corrected chi connectivity index (χ3v) is 4.60. The number of halogens is 1. The van der Waals surface area contributed by atoms with Gasteiger partial charge in [-0.15, -0.1) is 0 Å². The van der Waals surface area contributed by atoms with E-state index in [-0.39, 0.29) is 6.10 Å². The fourth-order valence-electron chi connectivity index (χ4n) is 2.87. The largest absolute Gasteiger partial charge is 0.388 e. The van der Waals surface area contributed by atoms with Gasteiger partial charge < -0.3 is 5.11 Å². The molecule has 1 fully saturated rings. The Morgan fingerprint density at radius 2 is 2.00 bits per heavy atom. The van der Waals surface area contributed by atoms with Crippen molar-refractivity contribution < 1.29 is 5.11 Å². The first-order valence-electron chi connectivity index (χ1n) is 6.64. The summed E-state index contributed by atoms with van der Waals surface area (Å²) in [5.74, 6) is 1.34. The minimum atomic E-state index is -0.287. The van der Waals surface area contributed by atoms with Crippen LogP contribution >= 0.6 is 15.9 Å². The van der Waals surface area contributed by atoms with Crippen LogP contribution in [0.2, 0.25) is 0 Å². The molecule has 0 radical (unpaired) electrons. The van der Waals surface area contributed by atoms with Crippen LogP contribution in [0.1, 0.15) is 50.7 Å². The molecule has 1 aromatic rings. The van der Waals surface area contributed by atoms with Gasteiger partial charge in [0.15, 0.2) is 0 Å². The number of rotatable bonds is 3. The van der Waals surface area contributed by atoms with E-state index in [1.807, 2.05) is 24.3 Å². The molecule has 0 spiro atoms. The zero-order valence-electron chi connectivity index (χ0n) is 10.4. The van der Waals surface area contributed by atoms with Crippen LogP contribution in [0.15, 0.2) is 28.7 Å². The molecule has 1 nitrogen and oxygen atoms in total. The summed E-state index contributed by atoms with van der Waals surface area (Å²) in [7, 11) is 0. The van der Waals surface area contributed by atoms with Crippen molar-refractivity contribution in [1.29, 1.82) is 0 Å². The molecular formula is C15H21BrO. The fraction of sp³-hybridized carbons (Fsp3) is 0.600. The van der Waals surface area contributed by atoms with Crippen molar-refractivity contribution in [1.82, 2.24) is 0 Å². The lowest BCUT2D eigenvalue weighted by Crippen LogP contribution is -2.20. The minimum Gasteiger partial charge on any atom is -0.388 e. The third-order valence-electron chi connectivity index (χ3n) is 4.11. The van der Waals surface area contributed by atoms with Gasteiger partial charge in [-0.1, -0.05) is 54.2 Å². The quantitative estimate of drug-likeness (QED) is 0.857. The summed E-state index contributed by atoms with van der Waals surface area (Å²) in [5.41, 5.74) is 1.05. The predicted molar refractivity (Wildman–Crippen MR) is 74.8 cm³/mol. The smallest absolute Gasteiger partial charge is 0.0818 e. The van der Waals surface area contributed by atoms with Crippen molar-refractivity contribution in [2.45, 2.75) is 45.1 Å². The first kappa shape index (κ1) is 13.1. The van der Waals surface area contributed by atoms with Crippen LogP contribution < -0.4 is 0 Å². The zero-order valence-corrected chi connectivity index (χ0v) is 12.0. The Bertz CT molecular complexity index is 356. The van der Waals surface area contributed by atoms with Crippen LogP contribution in [0.3, 0.4) is 0 Å². The second-order valence-corrected chi connectivity index (χ2v) is 6.10. The molecule has 0 amide bonds. The third kappa shape index (κ3) is 3.32. The van der Waals surface area contributed by atoms with Crippen LogP contribution in [0.4, 0.5) is 0 Å². The highest BCUT2D eigenvalue weighted by Gasteiger charge is 2.26. The van der Waals surface area contributed by atoms with Gasteiger partial charge in [0, 0.05) is 4.47 Å². The summed E-state index contributed by atoms with van der Waals surface area (Å²) in [6.45, 7) is 2.27. The summed E-state index contributed by atoms with van der Waals surface area (Å²) in [6.07, 6.45) is 5.92. The highest BCUT2D eigenvalue weighted by molar-refractivity contribution is 9.10. The van der Waals surface area contributed by atoms with Crippen LogP contribution in [0.25, 0.3) is 0 Å². The van der Waals surface area contributed by atoms with Crippen LogP contribution in [0.5, 0.6) is 0 Å². The van der Waals surface area contributed by atoms with Gasteiger partial charge in [0.25, 0.3) is 0 Å². The van der Waals surface area contributed by atoms with Crippen LogP contribution in [0, 0.1) is 11.8 Å². The molecular weight excluding hydrogens is 276 g/mol. The molecule has 1 aliphatic carbocycles. The molecule has 1 N–H and O–H groups in total. The van der Waals surface area contributed by atoms with E-state index < -0.39 is 0 Å². The van der Waals surface area contributed by atoms with Crippen LogP contribution in [-0.4, -0.2) is 5.11 Å². The highest BCUT2D eigenvalue weighted by Crippen LogP contribution is 2.38. The molecule has 0 aromatic heterocycles. The summed E-state index contributed by atoms with van der Waals surface area (Å²) in [5, 5.41) is 10.4. The molecule has 1 aliphatic rings. The molecule has 0 saturated heterocycles. The second kappa shape index (κ2) is 6.01. The molecule has 94 valence electrons. The van der Waals surface area contributed by atoms with Gasteiger partial charge >= 0.3 is 0 Å². The SMILES string of the molecule is CCC1CCC(C(O)c2cccc(Br)c2)CC1. The summed E-state index contributed by atoms with van der Waals surface area (Å²) < 4.78 is 1.05. The Morgan fingerprint density at radius 1 is 1.29 bits per heavy atom. The Morgan fingerprint density at radius 3 is 2.59 bits per heavy atom. The van der Waals surface area contributed by atoms with Gasteiger partial charge in [0.1, 0.15) is 0 Å². The molecule has 17 heavy (non-hydrogen) atoms. The lowest BCUT2D eigenvalue weighted by molar-refractivity contribution is 0.0729. The van der Waals surface area contributed by atoms with Crippen molar-refractivity contribution in [2.75, 3.05) is 0 Å². The Balaban J connectivity index is 1.99. The highest BCUT2D eigenvalue weighted by atomic mass is 79.9. The summed E-state index contributed by atoms with van der Waals surface area (Å²) in [6, 6.07) is 8.07. The first-order valence-corrected chi connectivity index (χ1v) is 7.43. The molecule has 0 heterocycles. The average molecular weight is 297 g/mol. The summed E-state index contributed by atoms with van der Waals surface area (Å²) >= 11 is 3.46. The van der Waals surface area contributed by atoms with E-state index in [1.165, 1.54) is 32.1 Å². The molecule has 2 heteroatoms. The van der Waals surface area contributed by atoms with Crippen molar-refractivity contribution in [2.24, 2.45) is 11.8 Å². The van der Waals surface area contributed by atoms with Gasteiger partial charge in [-0.25, -0.2) is 0 Å². The first-order chi connectivity index (χ1) is 8.20. The topological polar surface area (TPSA) is 20.2 Å². The van der Waals surface area contributed by atoms with E-state index in [9.17, 15) is 5.11 Å². The maximum absolute atomic E-state index is 10.4. The molecule has 1 saturated carbocycles. The van der Waals surface area contributed by atoms with E-state index >= 15 is 0 Å².